The van der Waals surface area contributed by atoms with Crippen molar-refractivity contribution >= 4 is 23.1 Å². The quantitative estimate of drug-likeness (QED) is 0.753. The molecule has 0 radical (unpaired) electrons. The predicted molar refractivity (Wildman–Crippen MR) is 96.6 cm³/mol. The Kier molecular flexibility index (Phi) is 3.54. The Morgan fingerprint density at radius 2 is 1.96 bits per heavy atom. The number of pyridine rings is 1. The maximum absolute atomic E-state index is 11.7. The average molecular weight is 367 g/mol. The third-order valence-corrected chi connectivity index (χ3v) is 5.32. The summed E-state index contributed by atoms with van der Waals surface area (Å²) in [7, 11) is 0. The molecule has 8 nitrogen and oxygen atoms in total. The summed E-state index contributed by atoms with van der Waals surface area (Å²) in [5.74, 6) is -0.182. The summed E-state index contributed by atoms with van der Waals surface area (Å²) in [6, 6.07) is 7.28. The van der Waals surface area contributed by atoms with Crippen LogP contribution < -0.4 is 10.3 Å². The molecule has 138 valence electrons. The molecule has 2 atom stereocenters. The summed E-state index contributed by atoms with van der Waals surface area (Å²) in [6.07, 6.45) is 2.85. The van der Waals surface area contributed by atoms with Crippen molar-refractivity contribution < 1.29 is 19.1 Å². The van der Waals surface area contributed by atoms with Crippen LogP contribution in [-0.4, -0.2) is 46.9 Å². The number of carbonyl (C=O) groups is 1. The number of hydrogen-bond acceptors (Lipinski definition) is 6. The molecular formula is C19H17N3O5. The first-order valence-electron chi connectivity index (χ1n) is 8.78. The molecule has 2 aliphatic rings. The van der Waals surface area contributed by atoms with Crippen molar-refractivity contribution in [2.24, 2.45) is 11.8 Å². The highest BCUT2D eigenvalue weighted by Gasteiger charge is 2.38. The Balaban J connectivity index is 1.48. The van der Waals surface area contributed by atoms with Crippen molar-refractivity contribution in [2.75, 3.05) is 31.2 Å². The number of aromatic nitrogens is 2. The number of aromatic carboxylic acids is 1. The van der Waals surface area contributed by atoms with Gasteiger partial charge in [0.05, 0.1) is 13.2 Å². The number of fused-ring (bicyclic) bond motifs is 2. The van der Waals surface area contributed by atoms with E-state index in [-0.39, 0.29) is 5.56 Å². The van der Waals surface area contributed by atoms with Crippen molar-refractivity contribution in [1.29, 1.82) is 0 Å². The van der Waals surface area contributed by atoms with Crippen LogP contribution in [0.2, 0.25) is 0 Å². The molecule has 27 heavy (non-hydrogen) atoms. The van der Waals surface area contributed by atoms with Crippen LogP contribution in [0.3, 0.4) is 0 Å². The van der Waals surface area contributed by atoms with Crippen molar-refractivity contribution in [3.8, 4) is 5.69 Å². The van der Waals surface area contributed by atoms with E-state index in [0.717, 1.165) is 31.8 Å². The fourth-order valence-corrected chi connectivity index (χ4v) is 3.85. The van der Waals surface area contributed by atoms with E-state index >= 15 is 0 Å². The van der Waals surface area contributed by atoms with Crippen LogP contribution in [0.1, 0.15) is 10.4 Å². The van der Waals surface area contributed by atoms with E-state index in [2.05, 4.69) is 9.88 Å². The average Bonchev–Trinajstić information content (AvgIpc) is 3.34. The Labute approximate surface area is 153 Å². The zero-order valence-corrected chi connectivity index (χ0v) is 14.4. The second kappa shape index (κ2) is 5.95. The molecule has 5 rings (SSSR count). The van der Waals surface area contributed by atoms with Gasteiger partial charge < -0.3 is 23.7 Å². The molecule has 1 N–H and O–H groups in total. The topological polar surface area (TPSA) is 97.8 Å². The predicted octanol–water partition coefficient (Wildman–Crippen LogP) is 1.76. The minimum atomic E-state index is -1.25. The standard InChI is InChI=1S/C19H17N3O5/c23-16-3-4-21(8-14(16)18(24)25)13-1-2-15-17(5-13)27-19(20-15)22-6-11-9-26-10-12(11)7-22/h1-5,8,11-12H,6-7,9-10H2,(H,24,25). The van der Waals surface area contributed by atoms with Crippen LogP contribution in [-0.2, 0) is 4.74 Å². The van der Waals surface area contributed by atoms with Crippen molar-refractivity contribution in [3.63, 3.8) is 0 Å². The van der Waals surface area contributed by atoms with Crippen molar-refractivity contribution in [1.82, 2.24) is 9.55 Å². The van der Waals surface area contributed by atoms with E-state index in [1.165, 1.54) is 18.5 Å². The fraction of sp³-hybridized carbons (Fsp3) is 0.316. The molecule has 2 unspecified atom stereocenters. The minimum absolute atomic E-state index is 0.276. The molecule has 0 bridgehead atoms. The molecule has 3 aromatic rings. The lowest BCUT2D eigenvalue weighted by atomic mass is 10.0. The van der Waals surface area contributed by atoms with E-state index in [0.29, 0.717) is 29.1 Å². The molecule has 4 heterocycles. The zero-order chi connectivity index (χ0) is 18.5. The number of rotatable bonds is 3. The van der Waals surface area contributed by atoms with E-state index in [4.69, 9.17) is 14.3 Å². The van der Waals surface area contributed by atoms with Gasteiger partial charge in [0, 0.05) is 55.1 Å². The van der Waals surface area contributed by atoms with E-state index in [1.54, 1.807) is 10.6 Å². The molecule has 8 heteroatoms. The largest absolute Gasteiger partial charge is 0.477 e. The van der Waals surface area contributed by atoms with Gasteiger partial charge in [0.2, 0.25) is 0 Å². The maximum atomic E-state index is 11.7. The molecule has 1 aromatic carbocycles. The first-order chi connectivity index (χ1) is 13.1. The van der Waals surface area contributed by atoms with Gasteiger partial charge in [0.15, 0.2) is 11.0 Å². The Morgan fingerprint density at radius 1 is 1.19 bits per heavy atom. The summed E-state index contributed by atoms with van der Waals surface area (Å²) in [6.45, 7) is 3.35. The lowest BCUT2D eigenvalue weighted by Gasteiger charge is -2.13. The summed E-state index contributed by atoms with van der Waals surface area (Å²) < 4.78 is 13.1. The lowest BCUT2D eigenvalue weighted by Crippen LogP contribution is -2.22. The highest BCUT2D eigenvalue weighted by atomic mass is 16.5. The van der Waals surface area contributed by atoms with Gasteiger partial charge in [0.25, 0.3) is 6.01 Å². The van der Waals surface area contributed by atoms with Crippen molar-refractivity contribution in [2.45, 2.75) is 0 Å². The molecule has 0 spiro atoms. The first kappa shape index (κ1) is 16.1. The van der Waals surface area contributed by atoms with Crippen LogP contribution in [0.15, 0.2) is 45.9 Å². The molecule has 0 aliphatic carbocycles. The number of carboxylic acid groups (broad SMARTS) is 1. The number of ether oxygens (including phenoxy) is 1. The second-order valence-corrected chi connectivity index (χ2v) is 7.05. The van der Waals surface area contributed by atoms with E-state index in [1.807, 2.05) is 12.1 Å². The molecule has 0 saturated carbocycles. The number of anilines is 1. The van der Waals surface area contributed by atoms with E-state index in [9.17, 15) is 9.59 Å². The number of nitrogens with zero attached hydrogens (tertiary/aromatic N) is 3. The van der Waals surface area contributed by atoms with Crippen LogP contribution in [0.25, 0.3) is 16.8 Å². The number of hydrogen-bond donors (Lipinski definition) is 1. The van der Waals surface area contributed by atoms with Gasteiger partial charge in [-0.2, -0.15) is 4.98 Å². The number of benzene rings is 1. The smallest absolute Gasteiger partial charge is 0.341 e. The van der Waals surface area contributed by atoms with Crippen LogP contribution in [0.4, 0.5) is 6.01 Å². The SMILES string of the molecule is O=C(O)c1cn(-c2ccc3nc(N4CC5COCC5C4)oc3c2)ccc1=O. The van der Waals surface area contributed by atoms with Crippen molar-refractivity contribution in [3.05, 3.63) is 52.4 Å². The lowest BCUT2D eigenvalue weighted by molar-refractivity contribution is 0.0695. The Bertz CT molecular complexity index is 1090. The second-order valence-electron chi connectivity index (χ2n) is 7.05. The summed E-state index contributed by atoms with van der Waals surface area (Å²) in [5.41, 5.74) is 1.25. The highest BCUT2D eigenvalue weighted by molar-refractivity contribution is 5.87. The Hall–Kier alpha value is -3.13. The van der Waals surface area contributed by atoms with Gasteiger partial charge in [-0.1, -0.05) is 0 Å². The van der Waals surface area contributed by atoms with Gasteiger partial charge in [-0.15, -0.1) is 0 Å². The number of oxazole rings is 1. The monoisotopic (exact) mass is 367 g/mol. The summed E-state index contributed by atoms with van der Waals surface area (Å²) in [5, 5.41) is 9.15. The third-order valence-electron chi connectivity index (χ3n) is 5.32. The highest BCUT2D eigenvalue weighted by Crippen LogP contribution is 2.33. The molecule has 2 fully saturated rings. The van der Waals surface area contributed by atoms with Gasteiger partial charge in [-0.3, -0.25) is 4.79 Å². The van der Waals surface area contributed by atoms with E-state index < -0.39 is 11.4 Å². The van der Waals surface area contributed by atoms with Gasteiger partial charge in [-0.05, 0) is 12.1 Å². The first-order valence-corrected chi connectivity index (χ1v) is 8.78. The van der Waals surface area contributed by atoms with Crippen LogP contribution >= 0.6 is 0 Å². The minimum Gasteiger partial charge on any atom is -0.477 e. The molecule has 2 aromatic heterocycles. The Morgan fingerprint density at radius 3 is 2.70 bits per heavy atom. The zero-order valence-electron chi connectivity index (χ0n) is 14.4. The van der Waals surface area contributed by atoms with Gasteiger partial charge in [-0.25, -0.2) is 4.79 Å². The molecule has 2 aliphatic heterocycles. The third kappa shape index (κ3) is 2.69. The van der Waals surface area contributed by atoms with Crippen LogP contribution in [0.5, 0.6) is 0 Å². The molecule has 2 saturated heterocycles. The maximum Gasteiger partial charge on any atom is 0.341 e. The fourth-order valence-electron chi connectivity index (χ4n) is 3.85. The normalized spacial score (nSPS) is 21.7. The van der Waals surface area contributed by atoms with Crippen LogP contribution in [0, 0.1) is 11.8 Å². The number of carboxylic acids is 1. The summed E-state index contributed by atoms with van der Waals surface area (Å²) in [4.78, 5) is 29.6. The molecular weight excluding hydrogens is 350 g/mol. The van der Waals surface area contributed by atoms with Gasteiger partial charge >= 0.3 is 5.97 Å². The molecule has 0 amide bonds. The summed E-state index contributed by atoms with van der Waals surface area (Å²) >= 11 is 0. The van der Waals surface area contributed by atoms with Gasteiger partial charge in [0.1, 0.15) is 11.1 Å².